The van der Waals surface area contributed by atoms with E-state index in [1.807, 2.05) is 0 Å². The maximum atomic E-state index is 10.9. The van der Waals surface area contributed by atoms with E-state index in [-0.39, 0.29) is 0 Å². The Morgan fingerprint density at radius 1 is 1.41 bits per heavy atom. The van der Waals surface area contributed by atoms with Crippen LogP contribution in [-0.2, 0) is 4.74 Å². The minimum Gasteiger partial charge on any atom is -0.490 e. The van der Waals surface area contributed by atoms with Crippen LogP contribution in [-0.4, -0.2) is 25.9 Å². The maximum Gasteiger partial charge on any atom is 0.407 e. The van der Waals surface area contributed by atoms with Gasteiger partial charge in [0, 0.05) is 11.8 Å². The fourth-order valence-electron chi connectivity index (χ4n) is 1.17. The number of rotatable bonds is 5. The molecule has 1 aromatic rings. The van der Waals surface area contributed by atoms with Crippen molar-refractivity contribution < 1.29 is 14.3 Å². The molecule has 0 aliphatic rings. The Bertz CT molecular complexity index is 382. The van der Waals surface area contributed by atoms with Gasteiger partial charge in [0.2, 0.25) is 0 Å². The van der Waals surface area contributed by atoms with Gasteiger partial charge in [-0.1, -0.05) is 0 Å². The Labute approximate surface area is 99.9 Å². The fraction of sp³-hybridized carbons (Fsp3) is 0.364. The highest BCUT2D eigenvalue weighted by Crippen LogP contribution is 2.23. The van der Waals surface area contributed by atoms with Crippen LogP contribution < -0.4 is 21.5 Å². The molecule has 6 heteroatoms. The molecule has 1 aromatic carbocycles. The van der Waals surface area contributed by atoms with Crippen LogP contribution in [0.15, 0.2) is 18.2 Å². The molecule has 0 heterocycles. The lowest BCUT2D eigenvalue weighted by Crippen LogP contribution is -2.28. The summed E-state index contributed by atoms with van der Waals surface area (Å²) in [4.78, 5) is 10.9. The van der Waals surface area contributed by atoms with Crippen LogP contribution in [0, 0.1) is 0 Å². The smallest absolute Gasteiger partial charge is 0.407 e. The molecule has 0 saturated carbocycles. The van der Waals surface area contributed by atoms with Gasteiger partial charge in [0.05, 0.1) is 18.8 Å². The van der Waals surface area contributed by atoms with Gasteiger partial charge in [0.15, 0.2) is 0 Å². The van der Waals surface area contributed by atoms with Gasteiger partial charge in [-0.25, -0.2) is 4.79 Å². The number of ether oxygens (including phenoxy) is 2. The van der Waals surface area contributed by atoms with Crippen LogP contribution in [0.5, 0.6) is 5.75 Å². The number of carbonyl (C=O) groups excluding carboxylic acids is 1. The van der Waals surface area contributed by atoms with E-state index in [2.05, 4.69) is 10.1 Å². The first-order valence-corrected chi connectivity index (χ1v) is 5.32. The van der Waals surface area contributed by atoms with Crippen molar-refractivity contribution in [2.24, 2.45) is 0 Å². The number of carbonyl (C=O) groups is 1. The molecular weight excluding hydrogens is 222 g/mol. The summed E-state index contributed by atoms with van der Waals surface area (Å²) in [6.07, 6.45) is -0.461. The lowest BCUT2D eigenvalue weighted by molar-refractivity contribution is 0.150. The fourth-order valence-corrected chi connectivity index (χ4v) is 1.17. The van der Waals surface area contributed by atoms with Crippen molar-refractivity contribution in [2.75, 3.05) is 31.2 Å². The first kappa shape index (κ1) is 13.0. The molecule has 0 radical (unpaired) electrons. The second-order valence-corrected chi connectivity index (χ2v) is 3.29. The highest BCUT2D eigenvalue weighted by Gasteiger charge is 2.02. The predicted molar refractivity (Wildman–Crippen MR) is 65.8 cm³/mol. The van der Waals surface area contributed by atoms with E-state index in [1.54, 1.807) is 25.1 Å². The van der Waals surface area contributed by atoms with Crippen molar-refractivity contribution >= 4 is 17.5 Å². The first-order valence-electron chi connectivity index (χ1n) is 5.32. The van der Waals surface area contributed by atoms with Gasteiger partial charge < -0.3 is 26.3 Å². The molecule has 0 aliphatic heterocycles. The van der Waals surface area contributed by atoms with Gasteiger partial charge in [0.1, 0.15) is 12.4 Å². The van der Waals surface area contributed by atoms with Gasteiger partial charge >= 0.3 is 6.09 Å². The molecule has 0 aromatic heterocycles. The number of benzene rings is 1. The summed E-state index contributed by atoms with van der Waals surface area (Å²) in [5.74, 6) is 0.510. The molecule has 94 valence electrons. The SMILES string of the molecule is CCOC(=O)NCCOc1cc(N)ccc1N. The monoisotopic (exact) mass is 239 g/mol. The zero-order valence-corrected chi connectivity index (χ0v) is 9.73. The standard InChI is InChI=1S/C11H17N3O3/c1-2-16-11(15)14-5-6-17-10-7-8(12)3-4-9(10)13/h3-4,7H,2,5-6,12-13H2,1H3,(H,14,15). The van der Waals surface area contributed by atoms with Gasteiger partial charge in [-0.05, 0) is 19.1 Å². The van der Waals surface area contributed by atoms with Crippen LogP contribution in [0.2, 0.25) is 0 Å². The summed E-state index contributed by atoms with van der Waals surface area (Å²) in [6, 6.07) is 5.00. The summed E-state index contributed by atoms with van der Waals surface area (Å²) in [7, 11) is 0. The summed E-state index contributed by atoms with van der Waals surface area (Å²) >= 11 is 0. The van der Waals surface area contributed by atoms with E-state index in [9.17, 15) is 4.79 Å². The van der Waals surface area contributed by atoms with Crippen molar-refractivity contribution in [1.29, 1.82) is 0 Å². The number of alkyl carbamates (subject to hydrolysis) is 1. The van der Waals surface area contributed by atoms with Crippen molar-refractivity contribution in [3.8, 4) is 5.75 Å². The largest absolute Gasteiger partial charge is 0.490 e. The van der Waals surface area contributed by atoms with Gasteiger partial charge in [-0.2, -0.15) is 0 Å². The Morgan fingerprint density at radius 2 is 2.18 bits per heavy atom. The van der Waals surface area contributed by atoms with E-state index in [0.29, 0.717) is 36.9 Å². The zero-order chi connectivity index (χ0) is 12.7. The summed E-state index contributed by atoms with van der Waals surface area (Å²) in [6.45, 7) is 2.72. The van der Waals surface area contributed by atoms with Crippen LogP contribution in [0.3, 0.4) is 0 Å². The quantitative estimate of drug-likeness (QED) is 0.525. The second kappa shape index (κ2) is 6.47. The third kappa shape index (κ3) is 4.50. The number of nitrogens with one attached hydrogen (secondary N) is 1. The Hall–Kier alpha value is -2.11. The average molecular weight is 239 g/mol. The number of anilines is 2. The van der Waals surface area contributed by atoms with Crippen molar-refractivity contribution in [2.45, 2.75) is 6.92 Å². The minimum absolute atomic E-state index is 0.298. The molecular formula is C11H17N3O3. The van der Waals surface area contributed by atoms with Gasteiger partial charge in [0.25, 0.3) is 0 Å². The van der Waals surface area contributed by atoms with E-state index in [4.69, 9.17) is 16.2 Å². The van der Waals surface area contributed by atoms with Gasteiger partial charge in [-0.15, -0.1) is 0 Å². The number of hydrogen-bond donors (Lipinski definition) is 3. The molecule has 0 bridgehead atoms. The van der Waals surface area contributed by atoms with Crippen LogP contribution in [0.4, 0.5) is 16.2 Å². The second-order valence-electron chi connectivity index (χ2n) is 3.29. The average Bonchev–Trinajstić information content (AvgIpc) is 2.29. The van der Waals surface area contributed by atoms with E-state index in [1.165, 1.54) is 0 Å². The third-order valence-corrected chi connectivity index (χ3v) is 1.94. The first-order chi connectivity index (χ1) is 8.13. The molecule has 1 amide bonds. The maximum absolute atomic E-state index is 10.9. The number of amides is 1. The number of hydrogen-bond acceptors (Lipinski definition) is 5. The van der Waals surface area contributed by atoms with Crippen LogP contribution in [0.1, 0.15) is 6.92 Å². The Balaban J connectivity index is 2.31. The van der Waals surface area contributed by atoms with Crippen LogP contribution in [0.25, 0.3) is 0 Å². The molecule has 6 nitrogen and oxygen atoms in total. The third-order valence-electron chi connectivity index (χ3n) is 1.94. The van der Waals surface area contributed by atoms with Crippen molar-refractivity contribution in [3.63, 3.8) is 0 Å². The predicted octanol–water partition coefficient (Wildman–Crippen LogP) is 0.976. The van der Waals surface area contributed by atoms with E-state index >= 15 is 0 Å². The summed E-state index contributed by atoms with van der Waals surface area (Å²) < 4.78 is 10.1. The lowest BCUT2D eigenvalue weighted by atomic mass is 10.2. The summed E-state index contributed by atoms with van der Waals surface area (Å²) in [5, 5.41) is 2.53. The van der Waals surface area contributed by atoms with E-state index in [0.717, 1.165) is 0 Å². The molecule has 1 rings (SSSR count). The Kier molecular flexibility index (Phi) is 4.93. The molecule has 5 N–H and O–H groups in total. The molecule has 17 heavy (non-hydrogen) atoms. The van der Waals surface area contributed by atoms with E-state index < -0.39 is 6.09 Å². The zero-order valence-electron chi connectivity index (χ0n) is 9.73. The highest BCUT2D eigenvalue weighted by molar-refractivity contribution is 5.67. The highest BCUT2D eigenvalue weighted by atomic mass is 16.5. The molecule has 0 aliphatic carbocycles. The number of nitrogen functional groups attached to an aromatic ring is 2. The van der Waals surface area contributed by atoms with Crippen LogP contribution >= 0.6 is 0 Å². The Morgan fingerprint density at radius 3 is 2.88 bits per heavy atom. The molecule has 0 saturated heterocycles. The normalized spacial score (nSPS) is 9.71. The topological polar surface area (TPSA) is 99.6 Å². The van der Waals surface area contributed by atoms with Crippen molar-refractivity contribution in [1.82, 2.24) is 5.32 Å². The molecule has 0 atom stereocenters. The lowest BCUT2D eigenvalue weighted by Gasteiger charge is -2.10. The molecule has 0 unspecified atom stereocenters. The minimum atomic E-state index is -0.461. The van der Waals surface area contributed by atoms with Crippen molar-refractivity contribution in [3.05, 3.63) is 18.2 Å². The van der Waals surface area contributed by atoms with Gasteiger partial charge in [-0.3, -0.25) is 0 Å². The summed E-state index contributed by atoms with van der Waals surface area (Å²) in [5.41, 5.74) is 12.4. The molecule has 0 spiro atoms. The number of nitrogens with two attached hydrogens (primary N) is 2. The molecule has 0 fully saturated rings.